The van der Waals surface area contributed by atoms with E-state index in [2.05, 4.69) is 0 Å². The number of Topliss-reactive ketones (excluding diaryl/α,β-unsaturated/α-hetero) is 1. The van der Waals surface area contributed by atoms with Crippen LogP contribution in [0, 0.1) is 23.6 Å². The molecule has 2 aliphatic carbocycles. The minimum absolute atomic E-state index is 0.115. The summed E-state index contributed by atoms with van der Waals surface area (Å²) in [7, 11) is 1.43. The van der Waals surface area contributed by atoms with Gasteiger partial charge in [-0.3, -0.25) is 4.79 Å². The molecule has 3 atom stereocenters. The van der Waals surface area contributed by atoms with Crippen molar-refractivity contribution in [3.63, 3.8) is 0 Å². The normalized spacial score (nSPS) is 29.6. The van der Waals surface area contributed by atoms with Crippen LogP contribution < -0.4 is 4.74 Å². The van der Waals surface area contributed by atoms with E-state index < -0.39 is 5.82 Å². The molecule has 0 spiro atoms. The van der Waals surface area contributed by atoms with Crippen LogP contribution in [0.2, 0.25) is 0 Å². The SMILES string of the molecule is COc1ccc(C(=O)C2CC3CCC2C3)cc1F. The summed E-state index contributed by atoms with van der Waals surface area (Å²) in [5.74, 6) is 1.24. The summed E-state index contributed by atoms with van der Waals surface area (Å²) in [4.78, 5) is 12.4. The Morgan fingerprint density at radius 2 is 2.17 bits per heavy atom. The van der Waals surface area contributed by atoms with Crippen LogP contribution in [-0.4, -0.2) is 12.9 Å². The molecule has 0 amide bonds. The van der Waals surface area contributed by atoms with Crippen LogP contribution in [0.1, 0.15) is 36.0 Å². The third-order valence-corrected chi connectivity index (χ3v) is 4.51. The fraction of sp³-hybridized carbons (Fsp3) is 0.533. The summed E-state index contributed by atoms with van der Waals surface area (Å²) < 4.78 is 18.5. The lowest BCUT2D eigenvalue weighted by atomic mass is 9.83. The smallest absolute Gasteiger partial charge is 0.166 e. The molecule has 2 fully saturated rings. The monoisotopic (exact) mass is 248 g/mol. The minimum atomic E-state index is -0.452. The van der Waals surface area contributed by atoms with Crippen molar-refractivity contribution in [3.8, 4) is 5.75 Å². The second kappa shape index (κ2) is 4.38. The van der Waals surface area contributed by atoms with Crippen molar-refractivity contribution >= 4 is 5.78 Å². The molecule has 18 heavy (non-hydrogen) atoms. The number of benzene rings is 1. The van der Waals surface area contributed by atoms with E-state index >= 15 is 0 Å². The quantitative estimate of drug-likeness (QED) is 0.766. The lowest BCUT2D eigenvalue weighted by Crippen LogP contribution is -2.21. The highest BCUT2D eigenvalue weighted by atomic mass is 19.1. The van der Waals surface area contributed by atoms with E-state index in [0.29, 0.717) is 11.5 Å². The maximum absolute atomic E-state index is 13.6. The highest BCUT2D eigenvalue weighted by molar-refractivity contribution is 5.98. The van der Waals surface area contributed by atoms with Crippen molar-refractivity contribution in [2.75, 3.05) is 7.11 Å². The Bertz CT molecular complexity index is 483. The van der Waals surface area contributed by atoms with Crippen molar-refractivity contribution in [1.29, 1.82) is 0 Å². The highest BCUT2D eigenvalue weighted by Crippen LogP contribution is 2.49. The van der Waals surface area contributed by atoms with Gasteiger partial charge in [0.2, 0.25) is 0 Å². The van der Waals surface area contributed by atoms with E-state index in [1.807, 2.05) is 0 Å². The van der Waals surface area contributed by atoms with Gasteiger partial charge in [0.05, 0.1) is 7.11 Å². The number of rotatable bonds is 3. The molecule has 1 aromatic rings. The molecule has 0 aromatic heterocycles. The van der Waals surface area contributed by atoms with Crippen molar-refractivity contribution in [2.24, 2.45) is 17.8 Å². The second-order valence-electron chi connectivity index (χ2n) is 5.49. The third kappa shape index (κ3) is 1.82. The molecular formula is C15H17FO2. The number of ketones is 1. The molecule has 3 rings (SSSR count). The van der Waals surface area contributed by atoms with Gasteiger partial charge in [-0.15, -0.1) is 0 Å². The average molecular weight is 248 g/mol. The molecule has 0 heterocycles. The Balaban J connectivity index is 1.82. The molecule has 0 aliphatic heterocycles. The fourth-order valence-electron chi connectivity index (χ4n) is 3.60. The van der Waals surface area contributed by atoms with E-state index in [-0.39, 0.29) is 17.5 Å². The Labute approximate surface area is 106 Å². The number of fused-ring (bicyclic) bond motifs is 2. The van der Waals surface area contributed by atoms with Gasteiger partial charge in [-0.05, 0) is 49.3 Å². The van der Waals surface area contributed by atoms with Gasteiger partial charge in [-0.1, -0.05) is 6.42 Å². The first-order chi connectivity index (χ1) is 8.69. The van der Waals surface area contributed by atoms with Gasteiger partial charge in [0.15, 0.2) is 17.3 Å². The van der Waals surface area contributed by atoms with Crippen molar-refractivity contribution in [1.82, 2.24) is 0 Å². The number of carbonyl (C=O) groups is 1. The fourth-order valence-corrected chi connectivity index (χ4v) is 3.60. The Morgan fingerprint density at radius 1 is 1.33 bits per heavy atom. The molecule has 0 radical (unpaired) electrons. The van der Waals surface area contributed by atoms with Crippen LogP contribution >= 0.6 is 0 Å². The standard InChI is InChI=1S/C15H17FO2/c1-18-14-5-4-11(8-13(14)16)15(17)12-7-9-2-3-10(12)6-9/h4-5,8-10,12H,2-3,6-7H2,1H3. The third-order valence-electron chi connectivity index (χ3n) is 4.51. The van der Waals surface area contributed by atoms with Crippen molar-refractivity contribution < 1.29 is 13.9 Å². The first-order valence-electron chi connectivity index (χ1n) is 6.57. The van der Waals surface area contributed by atoms with Gasteiger partial charge in [-0.25, -0.2) is 4.39 Å². The summed E-state index contributed by atoms with van der Waals surface area (Å²) in [5, 5.41) is 0. The molecule has 3 unspecified atom stereocenters. The molecule has 2 saturated carbocycles. The van der Waals surface area contributed by atoms with Gasteiger partial charge in [0.25, 0.3) is 0 Å². The molecule has 2 bridgehead atoms. The highest BCUT2D eigenvalue weighted by Gasteiger charge is 2.43. The lowest BCUT2D eigenvalue weighted by molar-refractivity contribution is 0.0874. The zero-order valence-corrected chi connectivity index (χ0v) is 10.5. The Morgan fingerprint density at radius 3 is 2.72 bits per heavy atom. The van der Waals surface area contributed by atoms with Gasteiger partial charge >= 0.3 is 0 Å². The summed E-state index contributed by atoms with van der Waals surface area (Å²) in [6.07, 6.45) is 4.62. The maximum Gasteiger partial charge on any atom is 0.166 e. The zero-order chi connectivity index (χ0) is 12.7. The average Bonchev–Trinajstić information content (AvgIpc) is 3.00. The number of ether oxygens (including phenoxy) is 1. The van der Waals surface area contributed by atoms with E-state index in [9.17, 15) is 9.18 Å². The number of carbonyl (C=O) groups excluding carboxylic acids is 1. The van der Waals surface area contributed by atoms with Crippen LogP contribution in [0.25, 0.3) is 0 Å². The second-order valence-corrected chi connectivity index (χ2v) is 5.49. The van der Waals surface area contributed by atoms with Crippen LogP contribution in [0.5, 0.6) is 5.75 Å². The van der Waals surface area contributed by atoms with Crippen molar-refractivity contribution in [3.05, 3.63) is 29.6 Å². The molecule has 96 valence electrons. The van der Waals surface area contributed by atoms with Crippen LogP contribution in [-0.2, 0) is 0 Å². The molecule has 1 aromatic carbocycles. The molecular weight excluding hydrogens is 231 g/mol. The van der Waals surface area contributed by atoms with Gasteiger partial charge in [0, 0.05) is 11.5 Å². The first-order valence-corrected chi connectivity index (χ1v) is 6.57. The predicted molar refractivity (Wildman–Crippen MR) is 66.2 cm³/mol. The minimum Gasteiger partial charge on any atom is -0.494 e. The van der Waals surface area contributed by atoms with Gasteiger partial charge in [-0.2, -0.15) is 0 Å². The first kappa shape index (κ1) is 11.7. The maximum atomic E-state index is 13.6. The van der Waals surface area contributed by atoms with Gasteiger partial charge < -0.3 is 4.74 Å². The van der Waals surface area contributed by atoms with E-state index in [1.54, 1.807) is 6.07 Å². The molecule has 2 nitrogen and oxygen atoms in total. The molecule has 0 saturated heterocycles. The van der Waals surface area contributed by atoms with E-state index in [0.717, 1.165) is 12.3 Å². The van der Waals surface area contributed by atoms with Crippen LogP contribution in [0.4, 0.5) is 4.39 Å². The zero-order valence-electron chi connectivity index (χ0n) is 10.5. The summed E-state index contributed by atoms with van der Waals surface area (Å²) in [6, 6.07) is 4.53. The predicted octanol–water partition coefficient (Wildman–Crippen LogP) is 3.45. The Hall–Kier alpha value is -1.38. The number of hydrogen-bond acceptors (Lipinski definition) is 2. The van der Waals surface area contributed by atoms with Gasteiger partial charge in [0.1, 0.15) is 0 Å². The summed E-state index contributed by atoms with van der Waals surface area (Å²) in [5.41, 5.74) is 0.492. The molecule has 2 aliphatic rings. The summed E-state index contributed by atoms with van der Waals surface area (Å²) >= 11 is 0. The lowest BCUT2D eigenvalue weighted by Gasteiger charge is -2.20. The van der Waals surface area contributed by atoms with Crippen LogP contribution in [0.3, 0.4) is 0 Å². The molecule has 0 N–H and O–H groups in total. The van der Waals surface area contributed by atoms with Crippen LogP contribution in [0.15, 0.2) is 18.2 Å². The number of methoxy groups -OCH3 is 1. The van der Waals surface area contributed by atoms with E-state index in [4.69, 9.17) is 4.74 Å². The topological polar surface area (TPSA) is 26.3 Å². The Kier molecular flexibility index (Phi) is 2.84. The molecule has 3 heteroatoms. The van der Waals surface area contributed by atoms with Crippen molar-refractivity contribution in [2.45, 2.75) is 25.7 Å². The summed E-state index contributed by atoms with van der Waals surface area (Å²) in [6.45, 7) is 0. The number of hydrogen-bond donors (Lipinski definition) is 0. The number of halogens is 1. The van der Waals surface area contributed by atoms with E-state index in [1.165, 1.54) is 38.5 Å². The largest absolute Gasteiger partial charge is 0.494 e.